The number of hydrogen-bond acceptors (Lipinski definition) is 4. The molecule has 0 aliphatic carbocycles. The number of rotatable bonds is 5. The first-order chi connectivity index (χ1) is 5.97. The second-order valence-electron chi connectivity index (χ2n) is 3.58. The van der Waals surface area contributed by atoms with E-state index in [4.69, 9.17) is 10.9 Å². The van der Waals surface area contributed by atoms with E-state index in [0.29, 0.717) is 6.04 Å². The summed E-state index contributed by atoms with van der Waals surface area (Å²) >= 11 is 0. The molecule has 0 aromatic carbocycles. The van der Waals surface area contributed by atoms with Crippen LogP contribution in [-0.2, 0) is 0 Å². The minimum Gasteiger partial charge on any atom is -0.409 e. The first-order valence-corrected chi connectivity index (χ1v) is 4.35. The number of nitrogens with two attached hydrogens (primary N) is 1. The summed E-state index contributed by atoms with van der Waals surface area (Å²) in [6.07, 6.45) is 0. The fraction of sp³-hybridized carbons (Fsp3) is 0.875. The lowest BCUT2D eigenvalue weighted by atomic mass is 10.2. The maximum absolute atomic E-state index is 8.41. The van der Waals surface area contributed by atoms with Crippen molar-refractivity contribution in [3.05, 3.63) is 0 Å². The third-order valence-electron chi connectivity index (χ3n) is 1.73. The molecule has 0 rings (SSSR count). The van der Waals surface area contributed by atoms with Crippen LogP contribution in [-0.4, -0.2) is 48.7 Å². The van der Waals surface area contributed by atoms with E-state index in [-0.39, 0.29) is 11.9 Å². The zero-order valence-electron chi connectivity index (χ0n) is 8.78. The van der Waals surface area contributed by atoms with Gasteiger partial charge in [0.25, 0.3) is 0 Å². The van der Waals surface area contributed by atoms with Crippen LogP contribution in [0.15, 0.2) is 5.16 Å². The molecule has 4 N–H and O–H groups in total. The van der Waals surface area contributed by atoms with Crippen LogP contribution in [0.4, 0.5) is 0 Å². The minimum absolute atomic E-state index is 0.0973. The van der Waals surface area contributed by atoms with Crippen molar-refractivity contribution in [3.8, 4) is 0 Å². The summed E-state index contributed by atoms with van der Waals surface area (Å²) in [6, 6.07) is 0.213. The van der Waals surface area contributed by atoms with Crippen LogP contribution in [0, 0.1) is 0 Å². The van der Waals surface area contributed by atoms with E-state index < -0.39 is 0 Å². The van der Waals surface area contributed by atoms with Crippen molar-refractivity contribution in [1.82, 2.24) is 10.2 Å². The molecule has 0 aliphatic rings. The Labute approximate surface area is 79.6 Å². The Hall–Kier alpha value is -0.810. The van der Waals surface area contributed by atoms with Crippen molar-refractivity contribution in [2.75, 3.05) is 20.6 Å². The van der Waals surface area contributed by atoms with Gasteiger partial charge in [-0.2, -0.15) is 0 Å². The summed E-state index contributed by atoms with van der Waals surface area (Å²) in [5, 5.41) is 14.6. The number of oxime groups is 1. The smallest absolute Gasteiger partial charge is 0.156 e. The number of hydrogen-bond donors (Lipinski definition) is 3. The van der Waals surface area contributed by atoms with Crippen molar-refractivity contribution in [3.63, 3.8) is 0 Å². The molecule has 0 spiro atoms. The Morgan fingerprint density at radius 1 is 1.54 bits per heavy atom. The average Bonchev–Trinajstić information content (AvgIpc) is 2.01. The fourth-order valence-electron chi connectivity index (χ4n) is 1.20. The van der Waals surface area contributed by atoms with E-state index >= 15 is 0 Å². The van der Waals surface area contributed by atoms with E-state index in [1.165, 1.54) is 0 Å². The lowest BCUT2D eigenvalue weighted by molar-refractivity contribution is 0.311. The predicted molar refractivity (Wildman–Crippen MR) is 54.0 cm³/mol. The molecule has 0 saturated carbocycles. The summed E-state index contributed by atoms with van der Waals surface area (Å²) in [5.41, 5.74) is 5.42. The topological polar surface area (TPSA) is 73.9 Å². The van der Waals surface area contributed by atoms with Gasteiger partial charge in [0, 0.05) is 12.6 Å². The number of nitrogens with zero attached hydrogens (tertiary/aromatic N) is 2. The van der Waals surface area contributed by atoms with Gasteiger partial charge < -0.3 is 21.2 Å². The van der Waals surface area contributed by atoms with Crippen molar-refractivity contribution < 1.29 is 5.21 Å². The Bertz CT molecular complexity index is 170. The molecule has 5 heteroatoms. The van der Waals surface area contributed by atoms with Crippen molar-refractivity contribution in [2.45, 2.75) is 25.9 Å². The monoisotopic (exact) mass is 188 g/mol. The summed E-state index contributed by atoms with van der Waals surface area (Å²) < 4.78 is 0. The van der Waals surface area contributed by atoms with Crippen LogP contribution in [0.2, 0.25) is 0 Å². The van der Waals surface area contributed by atoms with Gasteiger partial charge in [-0.05, 0) is 27.9 Å². The highest BCUT2D eigenvalue weighted by atomic mass is 16.4. The molecular weight excluding hydrogens is 168 g/mol. The van der Waals surface area contributed by atoms with Gasteiger partial charge >= 0.3 is 0 Å². The van der Waals surface area contributed by atoms with Crippen LogP contribution < -0.4 is 11.1 Å². The van der Waals surface area contributed by atoms with E-state index in [2.05, 4.69) is 22.3 Å². The van der Waals surface area contributed by atoms with Gasteiger partial charge in [-0.15, -0.1) is 0 Å². The van der Waals surface area contributed by atoms with Gasteiger partial charge in [-0.25, -0.2) is 0 Å². The summed E-state index contributed by atoms with van der Waals surface area (Å²) in [6.45, 7) is 4.84. The summed E-state index contributed by atoms with van der Waals surface area (Å²) in [4.78, 5) is 2.08. The Kier molecular flexibility index (Phi) is 5.41. The Morgan fingerprint density at radius 2 is 2.08 bits per heavy atom. The maximum Gasteiger partial charge on any atom is 0.156 e. The van der Waals surface area contributed by atoms with Crippen LogP contribution in [0.1, 0.15) is 13.8 Å². The lowest BCUT2D eigenvalue weighted by Crippen LogP contribution is -2.46. The molecule has 0 heterocycles. The first kappa shape index (κ1) is 12.2. The van der Waals surface area contributed by atoms with Crippen molar-refractivity contribution in [1.29, 1.82) is 0 Å². The molecule has 0 aromatic heterocycles. The predicted octanol–water partition coefficient (Wildman–Crippen LogP) is -0.339. The quantitative estimate of drug-likeness (QED) is 0.239. The standard InChI is InChI=1S/C8H20N4O/c1-6(5-12(3)4)10-7(2)8(9)11-13/h6-7,10,13H,5H2,1-4H3,(H2,9,11). The molecule has 0 aromatic rings. The molecule has 2 atom stereocenters. The van der Waals surface area contributed by atoms with E-state index in [9.17, 15) is 0 Å². The van der Waals surface area contributed by atoms with E-state index in [1.54, 1.807) is 0 Å². The highest BCUT2D eigenvalue weighted by Gasteiger charge is 2.11. The number of nitrogens with one attached hydrogen (secondary N) is 1. The van der Waals surface area contributed by atoms with Gasteiger partial charge in [0.15, 0.2) is 5.84 Å². The Balaban J connectivity index is 3.84. The second-order valence-corrected chi connectivity index (χ2v) is 3.58. The normalized spacial score (nSPS) is 17.5. The molecule has 0 saturated heterocycles. The fourth-order valence-corrected chi connectivity index (χ4v) is 1.20. The van der Waals surface area contributed by atoms with Crippen LogP contribution in [0.25, 0.3) is 0 Å². The number of likely N-dealkylation sites (N-methyl/N-ethyl adjacent to an activating group) is 1. The van der Waals surface area contributed by atoms with Crippen LogP contribution in [0.3, 0.4) is 0 Å². The summed E-state index contributed by atoms with van der Waals surface area (Å²) in [5.74, 6) is 0.214. The van der Waals surface area contributed by atoms with Gasteiger partial charge in [0.2, 0.25) is 0 Å². The van der Waals surface area contributed by atoms with Gasteiger partial charge in [-0.1, -0.05) is 5.16 Å². The third kappa shape index (κ3) is 5.43. The van der Waals surface area contributed by atoms with Crippen molar-refractivity contribution in [2.24, 2.45) is 10.9 Å². The number of amidine groups is 1. The molecule has 0 amide bonds. The molecule has 0 bridgehead atoms. The SMILES string of the molecule is CC(CN(C)C)NC(C)C(N)=NO. The second kappa shape index (κ2) is 5.77. The highest BCUT2D eigenvalue weighted by Crippen LogP contribution is 1.89. The van der Waals surface area contributed by atoms with Gasteiger partial charge in [-0.3, -0.25) is 0 Å². The van der Waals surface area contributed by atoms with Crippen LogP contribution in [0.5, 0.6) is 0 Å². The highest BCUT2D eigenvalue weighted by molar-refractivity contribution is 5.84. The van der Waals surface area contributed by atoms with Gasteiger partial charge in [0.1, 0.15) is 0 Å². The minimum atomic E-state index is -0.0973. The van der Waals surface area contributed by atoms with Crippen LogP contribution >= 0.6 is 0 Å². The van der Waals surface area contributed by atoms with Gasteiger partial charge in [0.05, 0.1) is 6.04 Å². The first-order valence-electron chi connectivity index (χ1n) is 4.35. The van der Waals surface area contributed by atoms with Crippen molar-refractivity contribution >= 4 is 5.84 Å². The van der Waals surface area contributed by atoms with E-state index in [1.807, 2.05) is 21.0 Å². The molecule has 0 radical (unpaired) electrons. The largest absolute Gasteiger partial charge is 0.409 e. The maximum atomic E-state index is 8.41. The zero-order valence-corrected chi connectivity index (χ0v) is 8.78. The molecule has 0 aliphatic heterocycles. The molecule has 5 nitrogen and oxygen atoms in total. The molecular formula is C8H20N4O. The average molecular weight is 188 g/mol. The molecule has 0 fully saturated rings. The lowest BCUT2D eigenvalue weighted by Gasteiger charge is -2.21. The molecule has 78 valence electrons. The zero-order chi connectivity index (χ0) is 10.4. The summed E-state index contributed by atoms with van der Waals surface area (Å²) in [7, 11) is 4.01. The molecule has 13 heavy (non-hydrogen) atoms. The third-order valence-corrected chi connectivity index (χ3v) is 1.73. The molecule has 2 unspecified atom stereocenters. The Morgan fingerprint density at radius 3 is 2.46 bits per heavy atom. The van der Waals surface area contributed by atoms with E-state index in [0.717, 1.165) is 6.54 Å².